The zero-order valence-electron chi connectivity index (χ0n) is 19.7. The quantitative estimate of drug-likeness (QED) is 0.649. The predicted molar refractivity (Wildman–Crippen MR) is 123 cm³/mol. The van der Waals surface area contributed by atoms with Gasteiger partial charge in [0, 0.05) is 12.1 Å². The molecule has 2 saturated heterocycles. The first-order valence-corrected chi connectivity index (χ1v) is 12.0. The number of ether oxygens (including phenoxy) is 2. The van der Waals surface area contributed by atoms with Gasteiger partial charge in [0.25, 0.3) is 5.91 Å². The van der Waals surface area contributed by atoms with Crippen LogP contribution in [0.2, 0.25) is 0 Å². The monoisotopic (exact) mass is 443 g/mol. The summed E-state index contributed by atoms with van der Waals surface area (Å²) in [5.74, 6) is 1.99. The normalized spacial score (nSPS) is 25.8. The average Bonchev–Trinajstić information content (AvgIpc) is 3.03. The summed E-state index contributed by atoms with van der Waals surface area (Å²) in [4.78, 5) is 30.2. The summed E-state index contributed by atoms with van der Waals surface area (Å²) in [6, 6.07) is 5.18. The molecule has 2 aliphatic heterocycles. The Morgan fingerprint density at radius 2 is 1.75 bits per heavy atom. The molecule has 0 spiro atoms. The van der Waals surface area contributed by atoms with Gasteiger partial charge in [0.1, 0.15) is 5.54 Å². The number of nitrogens with one attached hydrogen (secondary N) is 1. The van der Waals surface area contributed by atoms with Crippen molar-refractivity contribution >= 4 is 11.9 Å². The van der Waals surface area contributed by atoms with E-state index in [4.69, 9.17) is 9.47 Å². The molecule has 0 aromatic heterocycles. The number of amides is 3. The summed E-state index contributed by atoms with van der Waals surface area (Å²) in [5.41, 5.74) is -0.0953. The Kier molecular flexibility index (Phi) is 6.93. The number of hydrogen-bond donors (Lipinski definition) is 1. The number of nitrogens with zero attached hydrogens (tertiary/aromatic N) is 2. The highest BCUT2D eigenvalue weighted by molar-refractivity contribution is 6.07. The molecule has 2 heterocycles. The second-order valence-electron chi connectivity index (χ2n) is 9.76. The highest BCUT2D eigenvalue weighted by Crippen LogP contribution is 2.37. The van der Waals surface area contributed by atoms with Gasteiger partial charge in [-0.1, -0.05) is 31.4 Å². The number of rotatable bonds is 7. The number of hydrogen-bond acceptors (Lipinski definition) is 5. The predicted octanol–water partition coefficient (Wildman–Crippen LogP) is 3.81. The van der Waals surface area contributed by atoms with Gasteiger partial charge in [0.2, 0.25) is 0 Å². The number of likely N-dealkylation sites (tertiary alicyclic amines) is 1. The summed E-state index contributed by atoms with van der Waals surface area (Å²) < 4.78 is 10.9. The van der Waals surface area contributed by atoms with Crippen LogP contribution in [0.5, 0.6) is 11.5 Å². The van der Waals surface area contributed by atoms with Crippen molar-refractivity contribution in [1.82, 2.24) is 15.1 Å². The van der Waals surface area contributed by atoms with Crippen LogP contribution in [0.25, 0.3) is 0 Å². The van der Waals surface area contributed by atoms with E-state index in [9.17, 15) is 9.59 Å². The van der Waals surface area contributed by atoms with E-state index in [1.807, 2.05) is 19.1 Å². The molecule has 1 aromatic rings. The molecule has 1 saturated carbocycles. The minimum Gasteiger partial charge on any atom is -0.493 e. The van der Waals surface area contributed by atoms with Crippen LogP contribution in [0, 0.1) is 11.8 Å². The lowest BCUT2D eigenvalue weighted by molar-refractivity contribution is -0.133. The SMILES string of the molecule is COc1cccc(CN2C(=O)NC(C)(C3CCN(CC4CCCCC4)CC3)C2=O)c1OC. The van der Waals surface area contributed by atoms with E-state index in [1.54, 1.807) is 20.3 Å². The topological polar surface area (TPSA) is 71.1 Å². The molecule has 4 rings (SSSR count). The lowest BCUT2D eigenvalue weighted by Crippen LogP contribution is -2.54. The maximum Gasteiger partial charge on any atom is 0.325 e. The van der Waals surface area contributed by atoms with Crippen LogP contribution < -0.4 is 14.8 Å². The van der Waals surface area contributed by atoms with Crippen molar-refractivity contribution < 1.29 is 19.1 Å². The van der Waals surface area contributed by atoms with Crippen molar-refractivity contribution in [3.8, 4) is 11.5 Å². The number of carbonyl (C=O) groups is 2. The molecule has 1 aliphatic carbocycles. The van der Waals surface area contributed by atoms with Crippen molar-refractivity contribution in [2.24, 2.45) is 11.8 Å². The van der Waals surface area contributed by atoms with E-state index < -0.39 is 5.54 Å². The highest BCUT2D eigenvalue weighted by Gasteiger charge is 2.52. The van der Waals surface area contributed by atoms with Crippen LogP contribution in [0.1, 0.15) is 57.4 Å². The number of imide groups is 1. The molecule has 1 atom stereocenters. The maximum atomic E-state index is 13.5. The van der Waals surface area contributed by atoms with E-state index in [0.29, 0.717) is 11.5 Å². The van der Waals surface area contributed by atoms with Gasteiger partial charge >= 0.3 is 6.03 Å². The lowest BCUT2D eigenvalue weighted by atomic mass is 9.78. The van der Waals surface area contributed by atoms with Crippen molar-refractivity contribution in [2.75, 3.05) is 33.9 Å². The molecule has 32 heavy (non-hydrogen) atoms. The molecule has 7 heteroatoms. The zero-order chi connectivity index (χ0) is 22.7. The Labute approximate surface area is 191 Å². The standard InChI is InChI=1S/C25H37N3O4/c1-25(20-12-14-27(15-13-20)16-18-8-5-4-6-9-18)23(29)28(24(30)26-25)17-19-10-7-11-21(31-2)22(19)32-3/h7,10-11,18,20H,4-6,8-9,12-17H2,1-3H3,(H,26,30). The van der Waals surface area contributed by atoms with Crippen LogP contribution in [0.3, 0.4) is 0 Å². The number of methoxy groups -OCH3 is 2. The number of para-hydroxylation sites is 1. The molecule has 7 nitrogen and oxygen atoms in total. The van der Waals surface area contributed by atoms with Crippen LogP contribution in [0.15, 0.2) is 18.2 Å². The molecule has 3 amide bonds. The highest BCUT2D eigenvalue weighted by atomic mass is 16.5. The molecular formula is C25H37N3O4. The van der Waals surface area contributed by atoms with Crippen LogP contribution in [-0.2, 0) is 11.3 Å². The van der Waals surface area contributed by atoms with E-state index in [1.165, 1.54) is 43.5 Å². The molecule has 1 aromatic carbocycles. The number of benzene rings is 1. The summed E-state index contributed by atoms with van der Waals surface area (Å²) >= 11 is 0. The van der Waals surface area contributed by atoms with Gasteiger partial charge in [-0.3, -0.25) is 9.69 Å². The van der Waals surface area contributed by atoms with Gasteiger partial charge in [0.15, 0.2) is 11.5 Å². The molecule has 1 N–H and O–H groups in total. The van der Waals surface area contributed by atoms with Gasteiger partial charge in [0.05, 0.1) is 20.8 Å². The Balaban J connectivity index is 1.40. The average molecular weight is 444 g/mol. The van der Waals surface area contributed by atoms with Crippen molar-refractivity contribution in [3.05, 3.63) is 23.8 Å². The van der Waals surface area contributed by atoms with Crippen LogP contribution in [-0.4, -0.2) is 61.1 Å². The molecule has 176 valence electrons. The largest absolute Gasteiger partial charge is 0.493 e. The Morgan fingerprint density at radius 3 is 2.41 bits per heavy atom. The first-order chi connectivity index (χ1) is 15.5. The minimum atomic E-state index is -0.847. The third-order valence-electron chi connectivity index (χ3n) is 7.76. The third kappa shape index (κ3) is 4.45. The van der Waals surface area contributed by atoms with Gasteiger partial charge in [-0.2, -0.15) is 0 Å². The van der Waals surface area contributed by atoms with Crippen LogP contribution >= 0.6 is 0 Å². The molecule has 0 bridgehead atoms. The smallest absolute Gasteiger partial charge is 0.325 e. The molecule has 3 aliphatic rings. The van der Waals surface area contributed by atoms with Gasteiger partial charge in [-0.15, -0.1) is 0 Å². The van der Waals surface area contributed by atoms with Gasteiger partial charge in [-0.25, -0.2) is 4.79 Å². The Hall–Kier alpha value is -2.28. The van der Waals surface area contributed by atoms with E-state index in [-0.39, 0.29) is 24.4 Å². The number of urea groups is 1. The van der Waals surface area contributed by atoms with E-state index >= 15 is 0 Å². The maximum absolute atomic E-state index is 13.5. The lowest BCUT2D eigenvalue weighted by Gasteiger charge is -2.40. The fourth-order valence-corrected chi connectivity index (χ4v) is 5.81. The van der Waals surface area contributed by atoms with Crippen molar-refractivity contribution in [2.45, 2.75) is 64.0 Å². The van der Waals surface area contributed by atoms with Crippen molar-refractivity contribution in [1.29, 1.82) is 0 Å². The molecule has 0 radical (unpaired) electrons. The van der Waals surface area contributed by atoms with Crippen molar-refractivity contribution in [3.63, 3.8) is 0 Å². The summed E-state index contributed by atoms with van der Waals surface area (Å²) in [6.07, 6.45) is 8.71. The second kappa shape index (κ2) is 9.69. The number of carbonyl (C=O) groups excluding carboxylic acids is 2. The third-order valence-corrected chi connectivity index (χ3v) is 7.76. The summed E-state index contributed by atoms with van der Waals surface area (Å²) in [7, 11) is 3.14. The number of piperidine rings is 1. The fraction of sp³-hybridized carbons (Fsp3) is 0.680. The summed E-state index contributed by atoms with van der Waals surface area (Å²) in [5, 5.41) is 3.03. The first-order valence-electron chi connectivity index (χ1n) is 12.0. The Morgan fingerprint density at radius 1 is 1.03 bits per heavy atom. The fourth-order valence-electron chi connectivity index (χ4n) is 5.81. The molecule has 1 unspecified atom stereocenters. The van der Waals surface area contributed by atoms with E-state index in [0.717, 1.165) is 37.4 Å². The van der Waals surface area contributed by atoms with Gasteiger partial charge < -0.3 is 19.7 Å². The van der Waals surface area contributed by atoms with Crippen LogP contribution in [0.4, 0.5) is 4.79 Å². The van der Waals surface area contributed by atoms with E-state index in [2.05, 4.69) is 10.2 Å². The second-order valence-corrected chi connectivity index (χ2v) is 9.76. The molecular weight excluding hydrogens is 406 g/mol. The first kappa shape index (κ1) is 22.9. The minimum absolute atomic E-state index is 0.141. The molecule has 3 fully saturated rings. The Bertz CT molecular complexity index is 830. The zero-order valence-corrected chi connectivity index (χ0v) is 19.7. The summed E-state index contributed by atoms with van der Waals surface area (Å²) in [6.45, 7) is 5.26. The van der Waals surface area contributed by atoms with Gasteiger partial charge in [-0.05, 0) is 63.6 Å².